The number of nitrogen functional groups attached to an aromatic ring is 1. The van der Waals surface area contributed by atoms with E-state index in [0.29, 0.717) is 5.92 Å². The van der Waals surface area contributed by atoms with Crippen molar-refractivity contribution in [1.82, 2.24) is 9.55 Å². The molecule has 2 N–H and O–H groups in total. The van der Waals surface area contributed by atoms with Crippen LogP contribution in [0.1, 0.15) is 46.3 Å². The van der Waals surface area contributed by atoms with Crippen molar-refractivity contribution < 1.29 is 4.74 Å². The van der Waals surface area contributed by atoms with E-state index < -0.39 is 0 Å². The summed E-state index contributed by atoms with van der Waals surface area (Å²) in [7, 11) is 0. The van der Waals surface area contributed by atoms with Crippen LogP contribution >= 0.6 is 0 Å². The van der Waals surface area contributed by atoms with Gasteiger partial charge in [0.05, 0.1) is 5.60 Å². The molecular weight excluding hydrogens is 230 g/mol. The summed E-state index contributed by atoms with van der Waals surface area (Å²) in [6.45, 7) is 6.45. The molecule has 2 rings (SSSR count). The predicted molar refractivity (Wildman–Crippen MR) is 70.1 cm³/mol. The first kappa shape index (κ1) is 13.1. The van der Waals surface area contributed by atoms with Gasteiger partial charge in [-0.2, -0.15) is 4.98 Å². The van der Waals surface area contributed by atoms with E-state index in [2.05, 4.69) is 25.8 Å². The molecule has 0 amide bonds. The van der Waals surface area contributed by atoms with Crippen molar-refractivity contribution >= 4 is 5.82 Å². The largest absolute Gasteiger partial charge is 0.383 e. The van der Waals surface area contributed by atoms with E-state index in [-0.39, 0.29) is 23.3 Å². The van der Waals surface area contributed by atoms with Gasteiger partial charge in [-0.3, -0.25) is 4.57 Å². The van der Waals surface area contributed by atoms with Gasteiger partial charge in [0.15, 0.2) is 0 Å². The molecule has 1 aromatic rings. The van der Waals surface area contributed by atoms with Gasteiger partial charge in [-0.15, -0.1) is 0 Å². The Morgan fingerprint density at radius 1 is 1.56 bits per heavy atom. The van der Waals surface area contributed by atoms with Crippen molar-refractivity contribution in [3.05, 3.63) is 22.7 Å². The van der Waals surface area contributed by atoms with Crippen LogP contribution in [-0.4, -0.2) is 15.2 Å². The van der Waals surface area contributed by atoms with Gasteiger partial charge in [-0.1, -0.05) is 20.8 Å². The van der Waals surface area contributed by atoms with Crippen LogP contribution in [0, 0.1) is 5.92 Å². The van der Waals surface area contributed by atoms with Crippen molar-refractivity contribution in [1.29, 1.82) is 0 Å². The second kappa shape index (κ2) is 4.72. The molecule has 5 heteroatoms. The first-order valence-electron chi connectivity index (χ1n) is 6.55. The molecule has 2 atom stereocenters. The van der Waals surface area contributed by atoms with Gasteiger partial charge in [-0.25, -0.2) is 4.79 Å². The summed E-state index contributed by atoms with van der Waals surface area (Å²) in [4.78, 5) is 15.6. The molecule has 0 bridgehead atoms. The molecule has 100 valence electrons. The molecule has 0 aromatic carbocycles. The monoisotopic (exact) mass is 251 g/mol. The maximum atomic E-state index is 11.8. The third-order valence-electron chi connectivity index (χ3n) is 4.18. The van der Waals surface area contributed by atoms with Crippen molar-refractivity contribution in [2.45, 2.75) is 51.9 Å². The van der Waals surface area contributed by atoms with Crippen LogP contribution in [0.5, 0.6) is 0 Å². The van der Waals surface area contributed by atoms with Crippen LogP contribution in [0.4, 0.5) is 5.82 Å². The lowest BCUT2D eigenvalue weighted by atomic mass is 9.84. The van der Waals surface area contributed by atoms with E-state index in [1.807, 2.05) is 0 Å². The average molecular weight is 251 g/mol. The Bertz CT molecular complexity index is 479. The molecule has 0 unspecified atom stereocenters. The summed E-state index contributed by atoms with van der Waals surface area (Å²) in [6.07, 6.45) is 4.20. The first-order chi connectivity index (χ1) is 8.52. The van der Waals surface area contributed by atoms with Gasteiger partial charge in [0.25, 0.3) is 0 Å². The van der Waals surface area contributed by atoms with E-state index in [4.69, 9.17) is 10.5 Å². The van der Waals surface area contributed by atoms with Crippen LogP contribution in [0.15, 0.2) is 17.1 Å². The highest BCUT2D eigenvalue weighted by Crippen LogP contribution is 2.44. The van der Waals surface area contributed by atoms with Gasteiger partial charge in [0.1, 0.15) is 12.0 Å². The predicted octanol–water partition coefficient (Wildman–Crippen LogP) is 1.94. The number of nitrogens with zero attached hydrogens (tertiary/aromatic N) is 2. The third kappa shape index (κ3) is 2.03. The Morgan fingerprint density at radius 2 is 2.22 bits per heavy atom. The van der Waals surface area contributed by atoms with E-state index in [1.165, 1.54) is 0 Å². The average Bonchev–Trinajstić information content (AvgIpc) is 2.67. The minimum Gasteiger partial charge on any atom is -0.383 e. The normalized spacial score (nSPS) is 26.4. The summed E-state index contributed by atoms with van der Waals surface area (Å²) in [5, 5.41) is 0. The quantitative estimate of drug-likeness (QED) is 0.891. The van der Waals surface area contributed by atoms with Crippen LogP contribution < -0.4 is 11.4 Å². The molecule has 0 saturated carbocycles. The highest BCUT2D eigenvalue weighted by molar-refractivity contribution is 5.23. The third-order valence-corrected chi connectivity index (χ3v) is 4.18. The fourth-order valence-electron chi connectivity index (χ4n) is 2.88. The Balaban J connectivity index is 2.30. The minimum absolute atomic E-state index is 0.120. The smallest absolute Gasteiger partial charge is 0.351 e. The number of hydrogen-bond acceptors (Lipinski definition) is 4. The molecule has 2 heterocycles. The lowest BCUT2D eigenvalue weighted by molar-refractivity contribution is -0.0888. The number of ether oxygens (including phenoxy) is 1. The lowest BCUT2D eigenvalue weighted by Crippen LogP contribution is -2.33. The maximum absolute atomic E-state index is 11.8. The Kier molecular flexibility index (Phi) is 3.43. The van der Waals surface area contributed by atoms with Gasteiger partial charge >= 0.3 is 5.69 Å². The molecule has 1 aromatic heterocycles. The van der Waals surface area contributed by atoms with Gasteiger partial charge in [-0.05, 0) is 31.2 Å². The molecule has 0 spiro atoms. The summed E-state index contributed by atoms with van der Waals surface area (Å²) in [5.74, 6) is 0.682. The standard InChI is InChI=1S/C13H21N3O2/c1-4-13(5-2)9(3)8-11(18-13)16-7-6-10(14)15-12(16)17/h6-7,9,11H,4-5,8H2,1-3H3,(H2,14,15,17)/t9-,11+/m0/s1. The second-order valence-electron chi connectivity index (χ2n) is 5.02. The lowest BCUT2D eigenvalue weighted by Gasteiger charge is -2.30. The molecule has 0 radical (unpaired) electrons. The summed E-state index contributed by atoms with van der Waals surface area (Å²) >= 11 is 0. The van der Waals surface area contributed by atoms with Crippen LogP contribution in [-0.2, 0) is 4.74 Å². The molecule has 0 aliphatic carbocycles. The van der Waals surface area contributed by atoms with Crippen LogP contribution in [0.3, 0.4) is 0 Å². The molecule has 5 nitrogen and oxygen atoms in total. The topological polar surface area (TPSA) is 70.1 Å². The Labute approximate surface area is 107 Å². The number of nitrogens with two attached hydrogens (primary N) is 1. The second-order valence-corrected chi connectivity index (χ2v) is 5.02. The maximum Gasteiger partial charge on any atom is 0.351 e. The zero-order chi connectivity index (χ0) is 13.3. The highest BCUT2D eigenvalue weighted by atomic mass is 16.5. The number of anilines is 1. The summed E-state index contributed by atoms with van der Waals surface area (Å²) < 4.78 is 7.69. The fourth-order valence-corrected chi connectivity index (χ4v) is 2.88. The van der Waals surface area contributed by atoms with Crippen molar-refractivity contribution in [3.8, 4) is 0 Å². The van der Waals surface area contributed by atoms with E-state index in [1.54, 1.807) is 16.8 Å². The molecule has 1 fully saturated rings. The van der Waals surface area contributed by atoms with Crippen molar-refractivity contribution in [2.75, 3.05) is 5.73 Å². The zero-order valence-electron chi connectivity index (χ0n) is 11.2. The zero-order valence-corrected chi connectivity index (χ0v) is 11.2. The molecule has 1 aliphatic heterocycles. The van der Waals surface area contributed by atoms with Crippen molar-refractivity contribution in [3.63, 3.8) is 0 Å². The summed E-state index contributed by atoms with van der Waals surface area (Å²) in [5.41, 5.74) is 5.04. The van der Waals surface area contributed by atoms with E-state index >= 15 is 0 Å². The first-order valence-corrected chi connectivity index (χ1v) is 6.55. The van der Waals surface area contributed by atoms with Gasteiger partial charge in [0, 0.05) is 6.20 Å². The fraction of sp³-hybridized carbons (Fsp3) is 0.692. The number of aromatic nitrogens is 2. The minimum atomic E-state index is -0.338. The van der Waals surface area contributed by atoms with E-state index in [0.717, 1.165) is 19.3 Å². The molecule has 18 heavy (non-hydrogen) atoms. The molecule has 1 saturated heterocycles. The van der Waals surface area contributed by atoms with Crippen molar-refractivity contribution in [2.24, 2.45) is 5.92 Å². The molecular formula is C13H21N3O2. The van der Waals surface area contributed by atoms with Gasteiger partial charge in [0.2, 0.25) is 0 Å². The Morgan fingerprint density at radius 3 is 2.72 bits per heavy atom. The van der Waals surface area contributed by atoms with Gasteiger partial charge < -0.3 is 10.5 Å². The summed E-state index contributed by atoms with van der Waals surface area (Å²) in [6, 6.07) is 1.63. The molecule has 1 aliphatic rings. The highest BCUT2D eigenvalue weighted by Gasteiger charge is 2.44. The van der Waals surface area contributed by atoms with Crippen LogP contribution in [0.25, 0.3) is 0 Å². The number of rotatable bonds is 3. The SMILES string of the molecule is CCC1(CC)O[C@@H](n2ccc(N)nc2=O)C[C@@H]1C. The van der Waals surface area contributed by atoms with E-state index in [9.17, 15) is 4.79 Å². The Hall–Kier alpha value is -1.36. The number of hydrogen-bond donors (Lipinski definition) is 1. The van der Waals surface area contributed by atoms with Crippen LogP contribution in [0.2, 0.25) is 0 Å².